The number of carboxylic acids is 1. The Labute approximate surface area is 143 Å². The third kappa shape index (κ3) is 4.28. The minimum absolute atomic E-state index is 0.00606. The van der Waals surface area contributed by atoms with Crippen LogP contribution in [0.4, 0.5) is 0 Å². The van der Waals surface area contributed by atoms with E-state index in [4.69, 9.17) is 4.74 Å². The lowest BCUT2D eigenvalue weighted by Gasteiger charge is -2.36. The molecule has 1 aromatic carbocycles. The van der Waals surface area contributed by atoms with Crippen LogP contribution in [-0.2, 0) is 9.59 Å². The van der Waals surface area contributed by atoms with Gasteiger partial charge >= 0.3 is 5.97 Å². The average Bonchev–Trinajstić information content (AvgIpc) is 2.56. The molecule has 1 aromatic rings. The maximum atomic E-state index is 12.4. The highest BCUT2D eigenvalue weighted by molar-refractivity contribution is 5.87. The molecule has 0 spiro atoms. The molecule has 132 valence electrons. The van der Waals surface area contributed by atoms with Crippen molar-refractivity contribution in [2.24, 2.45) is 5.92 Å². The molecule has 1 fully saturated rings. The van der Waals surface area contributed by atoms with Crippen LogP contribution >= 0.6 is 0 Å². The normalized spacial score (nSPS) is 24.9. The Balaban J connectivity index is 2.01. The van der Waals surface area contributed by atoms with E-state index in [1.54, 1.807) is 7.11 Å². The molecular weight excluding hydrogens is 306 g/mol. The van der Waals surface area contributed by atoms with Crippen LogP contribution in [0, 0.1) is 5.92 Å². The molecule has 2 N–H and O–H groups in total. The number of amides is 1. The van der Waals surface area contributed by atoms with E-state index in [-0.39, 0.29) is 18.2 Å². The number of benzene rings is 1. The standard InChI is InChI=1S/C19H27NO4/c1-13-7-9-19(10-8-13,18(22)23)20-17(21)11-14(2)15-5-4-6-16(12-15)24-3/h4-6,12-14H,7-11H2,1-3H3,(H,20,21)(H,22,23). The quantitative estimate of drug-likeness (QED) is 0.837. The van der Waals surface area contributed by atoms with Gasteiger partial charge in [0.15, 0.2) is 0 Å². The molecule has 0 aromatic heterocycles. The van der Waals surface area contributed by atoms with Gasteiger partial charge < -0.3 is 15.2 Å². The fraction of sp³-hybridized carbons (Fsp3) is 0.579. The number of hydrogen-bond donors (Lipinski definition) is 2. The van der Waals surface area contributed by atoms with Gasteiger partial charge in [0.2, 0.25) is 5.91 Å². The van der Waals surface area contributed by atoms with E-state index in [0.717, 1.165) is 24.2 Å². The van der Waals surface area contributed by atoms with Crippen molar-refractivity contribution in [2.75, 3.05) is 7.11 Å². The topological polar surface area (TPSA) is 75.6 Å². The Bertz CT molecular complexity index is 591. The van der Waals surface area contributed by atoms with Crippen molar-refractivity contribution >= 4 is 11.9 Å². The van der Waals surface area contributed by atoms with Gasteiger partial charge in [-0.1, -0.05) is 26.0 Å². The third-order valence-corrected chi connectivity index (χ3v) is 5.07. The van der Waals surface area contributed by atoms with Gasteiger partial charge in [-0.25, -0.2) is 4.79 Å². The maximum absolute atomic E-state index is 12.4. The molecule has 1 aliphatic rings. The summed E-state index contributed by atoms with van der Waals surface area (Å²) in [6, 6.07) is 7.62. The minimum Gasteiger partial charge on any atom is -0.497 e. The smallest absolute Gasteiger partial charge is 0.329 e. The molecule has 0 aliphatic heterocycles. The summed E-state index contributed by atoms with van der Waals surface area (Å²) in [6.45, 7) is 4.09. The Morgan fingerprint density at radius 3 is 2.62 bits per heavy atom. The molecule has 1 aliphatic carbocycles. The van der Waals surface area contributed by atoms with Gasteiger partial charge in [-0.2, -0.15) is 0 Å². The van der Waals surface area contributed by atoms with Crippen molar-refractivity contribution in [1.82, 2.24) is 5.32 Å². The molecule has 1 unspecified atom stereocenters. The van der Waals surface area contributed by atoms with Crippen molar-refractivity contribution in [3.8, 4) is 5.75 Å². The lowest BCUT2D eigenvalue weighted by molar-refractivity contribution is -0.149. The van der Waals surface area contributed by atoms with Gasteiger partial charge in [0.1, 0.15) is 11.3 Å². The fourth-order valence-corrected chi connectivity index (χ4v) is 3.31. The van der Waals surface area contributed by atoms with Crippen molar-refractivity contribution in [3.63, 3.8) is 0 Å². The maximum Gasteiger partial charge on any atom is 0.329 e. The first-order valence-electron chi connectivity index (χ1n) is 8.54. The van der Waals surface area contributed by atoms with E-state index in [9.17, 15) is 14.7 Å². The van der Waals surface area contributed by atoms with Gasteiger partial charge in [-0.15, -0.1) is 0 Å². The van der Waals surface area contributed by atoms with Gasteiger partial charge in [-0.3, -0.25) is 4.79 Å². The predicted octanol–water partition coefficient (Wildman–Crippen LogP) is 3.34. The summed E-state index contributed by atoms with van der Waals surface area (Å²) >= 11 is 0. The van der Waals surface area contributed by atoms with E-state index in [0.29, 0.717) is 18.8 Å². The van der Waals surface area contributed by atoms with Crippen LogP contribution in [0.2, 0.25) is 0 Å². The summed E-state index contributed by atoms with van der Waals surface area (Å²) in [5.41, 5.74) is -0.0938. The van der Waals surface area contributed by atoms with Crippen LogP contribution in [0.15, 0.2) is 24.3 Å². The molecule has 0 radical (unpaired) electrons. The number of aliphatic carboxylic acids is 1. The van der Waals surface area contributed by atoms with Crippen LogP contribution in [0.1, 0.15) is 57.4 Å². The molecule has 0 saturated heterocycles. The van der Waals surface area contributed by atoms with Crippen molar-refractivity contribution in [3.05, 3.63) is 29.8 Å². The Hall–Kier alpha value is -2.04. The van der Waals surface area contributed by atoms with Gasteiger partial charge in [0.25, 0.3) is 0 Å². The zero-order valence-electron chi connectivity index (χ0n) is 14.7. The van der Waals surface area contributed by atoms with Crippen LogP contribution in [-0.4, -0.2) is 29.6 Å². The SMILES string of the molecule is COc1cccc(C(C)CC(=O)NC2(C(=O)O)CCC(C)CC2)c1. The number of carbonyl (C=O) groups is 2. The Morgan fingerprint density at radius 1 is 1.38 bits per heavy atom. The molecule has 1 atom stereocenters. The number of ether oxygens (including phenoxy) is 1. The van der Waals surface area contributed by atoms with Crippen molar-refractivity contribution in [2.45, 2.75) is 57.4 Å². The molecule has 1 saturated carbocycles. The number of nitrogens with one attached hydrogen (secondary N) is 1. The second kappa shape index (κ2) is 7.69. The average molecular weight is 333 g/mol. The summed E-state index contributed by atoms with van der Waals surface area (Å²) in [4.78, 5) is 24.2. The van der Waals surface area contributed by atoms with E-state index >= 15 is 0 Å². The first-order chi connectivity index (χ1) is 11.4. The largest absolute Gasteiger partial charge is 0.497 e. The lowest BCUT2D eigenvalue weighted by Crippen LogP contribution is -2.56. The number of rotatable bonds is 6. The monoisotopic (exact) mass is 333 g/mol. The third-order valence-electron chi connectivity index (χ3n) is 5.07. The molecule has 5 nitrogen and oxygen atoms in total. The Morgan fingerprint density at radius 2 is 2.04 bits per heavy atom. The van der Waals surface area contributed by atoms with E-state index < -0.39 is 11.5 Å². The summed E-state index contributed by atoms with van der Waals surface area (Å²) in [5, 5.41) is 12.4. The van der Waals surface area contributed by atoms with Crippen molar-refractivity contribution in [1.29, 1.82) is 0 Å². The zero-order chi connectivity index (χ0) is 17.7. The molecule has 1 amide bonds. The van der Waals surface area contributed by atoms with Gasteiger partial charge in [0, 0.05) is 6.42 Å². The van der Waals surface area contributed by atoms with Crippen LogP contribution in [0.25, 0.3) is 0 Å². The van der Waals surface area contributed by atoms with E-state index in [1.165, 1.54) is 0 Å². The Kier molecular flexibility index (Phi) is 5.86. The van der Waals surface area contributed by atoms with E-state index in [1.807, 2.05) is 31.2 Å². The van der Waals surface area contributed by atoms with Crippen molar-refractivity contribution < 1.29 is 19.4 Å². The summed E-state index contributed by atoms with van der Waals surface area (Å²) in [7, 11) is 1.61. The zero-order valence-corrected chi connectivity index (χ0v) is 14.7. The first kappa shape index (κ1) is 18.3. The van der Waals surface area contributed by atoms with Gasteiger partial charge in [-0.05, 0) is 55.2 Å². The summed E-state index contributed by atoms with van der Waals surface area (Å²) in [5.74, 6) is 0.139. The first-order valence-corrected chi connectivity index (χ1v) is 8.54. The highest BCUT2D eigenvalue weighted by Gasteiger charge is 2.42. The number of carboxylic acid groups (broad SMARTS) is 1. The lowest BCUT2D eigenvalue weighted by atomic mass is 9.77. The van der Waals surface area contributed by atoms with Gasteiger partial charge in [0.05, 0.1) is 7.11 Å². The summed E-state index contributed by atoms with van der Waals surface area (Å²) in [6.07, 6.45) is 2.93. The van der Waals surface area contributed by atoms with Crippen LogP contribution in [0.3, 0.4) is 0 Å². The molecule has 2 rings (SSSR count). The molecule has 5 heteroatoms. The highest BCUT2D eigenvalue weighted by Crippen LogP contribution is 2.33. The highest BCUT2D eigenvalue weighted by atomic mass is 16.5. The van der Waals surface area contributed by atoms with E-state index in [2.05, 4.69) is 12.2 Å². The molecule has 0 bridgehead atoms. The molecular formula is C19H27NO4. The van der Waals surface area contributed by atoms with Crippen LogP contribution in [0.5, 0.6) is 5.75 Å². The number of carbonyl (C=O) groups excluding carboxylic acids is 1. The molecule has 24 heavy (non-hydrogen) atoms. The molecule has 0 heterocycles. The van der Waals surface area contributed by atoms with Crippen LogP contribution < -0.4 is 10.1 Å². The fourth-order valence-electron chi connectivity index (χ4n) is 3.31. The number of hydrogen-bond acceptors (Lipinski definition) is 3. The second-order valence-electron chi connectivity index (χ2n) is 7.00. The number of methoxy groups -OCH3 is 1. The minimum atomic E-state index is -1.10. The predicted molar refractivity (Wildman–Crippen MR) is 92.2 cm³/mol. The summed E-state index contributed by atoms with van der Waals surface area (Å²) < 4.78 is 5.21. The second-order valence-corrected chi connectivity index (χ2v) is 7.00.